The van der Waals surface area contributed by atoms with Gasteiger partial charge in [0.15, 0.2) is 34.7 Å². The van der Waals surface area contributed by atoms with Gasteiger partial charge in [0.1, 0.15) is 5.75 Å². The molecule has 0 heterocycles. The van der Waals surface area contributed by atoms with Crippen LogP contribution in [0.3, 0.4) is 0 Å². The van der Waals surface area contributed by atoms with E-state index in [9.17, 15) is 34.2 Å². The second kappa shape index (κ2) is 12.9. The Bertz CT molecular complexity index is 1820. The van der Waals surface area contributed by atoms with Crippen LogP contribution < -0.4 is 11.1 Å². The number of carbonyl (C=O) groups excluding carboxylic acids is 5. The van der Waals surface area contributed by atoms with Crippen molar-refractivity contribution in [2.24, 2.45) is 41.2 Å². The fourth-order valence-electron chi connectivity index (χ4n) is 8.51. The number of amides is 1. The molecular weight excluding hydrogens is 608 g/mol. The van der Waals surface area contributed by atoms with Crippen molar-refractivity contribution >= 4 is 29.0 Å². The molecule has 3 aliphatic rings. The molecule has 0 spiro atoms. The molecule has 9 nitrogen and oxygen atoms in total. The summed E-state index contributed by atoms with van der Waals surface area (Å²) in [6.45, 7) is 6.95. The number of benzene rings is 3. The van der Waals surface area contributed by atoms with Gasteiger partial charge in [-0.25, -0.2) is 0 Å². The standard InChI is InChI=1S/C39H42N2O7/c1-4-23-11-10-22(19-41-15-14-21-8-6-5-7-9-21)16-26(23)25-12-13-29(42)32-27(25)17-24-18-28-30(20(2)3)34(43)33(38(40)47)37(46)39(28,48)36(45)31(24)35(32)44/h5-13,16,20,24,28,30-31,33,41-42,48H,4,14-15,17-19H2,1-3H3,(H2,40,47)/t24-,28-,30-,31?,33?,39-/m0/s1. The number of ketones is 4. The highest BCUT2D eigenvalue weighted by Crippen LogP contribution is 2.53. The Hall–Kier alpha value is -4.47. The predicted molar refractivity (Wildman–Crippen MR) is 179 cm³/mol. The average molecular weight is 651 g/mol. The van der Waals surface area contributed by atoms with Crippen LogP contribution in [0.15, 0.2) is 60.7 Å². The number of primary amides is 1. The first-order valence-electron chi connectivity index (χ1n) is 16.8. The zero-order valence-electron chi connectivity index (χ0n) is 27.5. The van der Waals surface area contributed by atoms with Gasteiger partial charge in [-0.15, -0.1) is 0 Å². The molecule has 3 aliphatic carbocycles. The topological polar surface area (TPSA) is 164 Å². The molecule has 6 rings (SSSR count). The zero-order valence-corrected chi connectivity index (χ0v) is 27.5. The molecular formula is C39H42N2O7. The highest BCUT2D eigenvalue weighted by Gasteiger charge is 2.69. The fraction of sp³-hybridized carbons (Fsp3) is 0.410. The Morgan fingerprint density at radius 3 is 2.38 bits per heavy atom. The summed E-state index contributed by atoms with van der Waals surface area (Å²) in [5.41, 5.74) is 8.39. The highest BCUT2D eigenvalue weighted by atomic mass is 16.3. The molecule has 0 aromatic heterocycles. The number of nitrogens with one attached hydrogen (secondary N) is 1. The van der Waals surface area contributed by atoms with E-state index in [2.05, 4.69) is 35.6 Å². The quantitative estimate of drug-likeness (QED) is 0.201. The van der Waals surface area contributed by atoms with Crippen molar-refractivity contribution in [3.8, 4) is 16.9 Å². The van der Waals surface area contributed by atoms with Gasteiger partial charge >= 0.3 is 0 Å². The van der Waals surface area contributed by atoms with Crippen molar-refractivity contribution in [1.82, 2.24) is 5.32 Å². The Kier molecular flexibility index (Phi) is 8.96. The van der Waals surface area contributed by atoms with Gasteiger partial charge < -0.3 is 21.3 Å². The molecule has 9 heteroatoms. The lowest BCUT2D eigenvalue weighted by molar-refractivity contribution is -0.182. The van der Waals surface area contributed by atoms with Crippen molar-refractivity contribution in [2.45, 2.75) is 58.6 Å². The summed E-state index contributed by atoms with van der Waals surface area (Å²) < 4.78 is 0. The van der Waals surface area contributed by atoms with E-state index in [0.29, 0.717) is 12.1 Å². The number of fused-ring (bicyclic) bond motifs is 3. The molecule has 0 saturated heterocycles. The van der Waals surface area contributed by atoms with E-state index < -0.39 is 70.1 Å². The Morgan fingerprint density at radius 1 is 0.979 bits per heavy atom. The number of aryl methyl sites for hydroxylation is 1. The average Bonchev–Trinajstić information content (AvgIpc) is 3.05. The molecule has 2 unspecified atom stereocenters. The normalized spacial score (nSPS) is 26.6. The molecule has 3 aromatic carbocycles. The second-order valence-corrected chi connectivity index (χ2v) is 13.9. The molecule has 0 radical (unpaired) electrons. The number of carbonyl (C=O) groups is 5. The number of hydrogen-bond donors (Lipinski definition) is 4. The molecule has 2 fully saturated rings. The lowest BCUT2D eigenvalue weighted by Gasteiger charge is -2.52. The maximum absolute atomic E-state index is 14.2. The van der Waals surface area contributed by atoms with Gasteiger partial charge in [0.25, 0.3) is 0 Å². The minimum Gasteiger partial charge on any atom is -0.507 e. The molecule has 3 aromatic rings. The Morgan fingerprint density at radius 2 is 1.71 bits per heavy atom. The van der Waals surface area contributed by atoms with E-state index in [-0.39, 0.29) is 24.2 Å². The van der Waals surface area contributed by atoms with Gasteiger partial charge in [0.05, 0.1) is 11.5 Å². The number of nitrogens with two attached hydrogens (primary N) is 1. The van der Waals surface area contributed by atoms with Crippen LogP contribution in [-0.4, -0.2) is 51.4 Å². The van der Waals surface area contributed by atoms with Gasteiger partial charge in [0, 0.05) is 18.4 Å². The first-order valence-corrected chi connectivity index (χ1v) is 16.8. The largest absolute Gasteiger partial charge is 0.507 e. The van der Waals surface area contributed by atoms with Crippen LogP contribution in [-0.2, 0) is 45.0 Å². The Balaban J connectivity index is 1.36. The molecule has 0 aliphatic heterocycles. The molecule has 6 atom stereocenters. The lowest BCUT2D eigenvalue weighted by Crippen LogP contribution is -2.71. The number of rotatable bonds is 9. The minimum atomic E-state index is -2.71. The summed E-state index contributed by atoms with van der Waals surface area (Å²) >= 11 is 0. The molecule has 250 valence electrons. The zero-order chi connectivity index (χ0) is 34.5. The van der Waals surface area contributed by atoms with Crippen molar-refractivity contribution < 1.29 is 34.2 Å². The van der Waals surface area contributed by atoms with Gasteiger partial charge in [-0.05, 0) is 89.6 Å². The number of aliphatic hydroxyl groups is 1. The first kappa shape index (κ1) is 33.4. The third-order valence-corrected chi connectivity index (χ3v) is 10.8. The van der Waals surface area contributed by atoms with Gasteiger partial charge in [-0.3, -0.25) is 24.0 Å². The monoisotopic (exact) mass is 650 g/mol. The van der Waals surface area contributed by atoms with Crippen LogP contribution in [0.5, 0.6) is 5.75 Å². The Labute approximate surface area is 279 Å². The molecule has 1 amide bonds. The van der Waals surface area contributed by atoms with Crippen LogP contribution in [0.2, 0.25) is 0 Å². The summed E-state index contributed by atoms with van der Waals surface area (Å²) in [6.07, 6.45) is 1.89. The SMILES string of the molecule is CCc1ccc(CNCCc2ccccc2)cc1-c1ccc(O)c2c1C[C@H]1C[C@H]3[C@H](C(C)C)C(=O)C(C(N)=O)C(=O)[C@@]3(O)C(=O)C1C2=O. The first-order chi connectivity index (χ1) is 22.9. The minimum absolute atomic E-state index is 0.00351. The summed E-state index contributed by atoms with van der Waals surface area (Å²) in [4.78, 5) is 67.7. The number of phenols is 1. The number of hydrogen-bond acceptors (Lipinski definition) is 8. The van der Waals surface area contributed by atoms with E-state index in [1.54, 1.807) is 19.9 Å². The molecule has 0 bridgehead atoms. The number of phenolic OH excluding ortho intramolecular Hbond substituents is 1. The van der Waals surface area contributed by atoms with Gasteiger partial charge in [0.2, 0.25) is 5.91 Å². The molecule has 2 saturated carbocycles. The van der Waals surface area contributed by atoms with Crippen LogP contribution in [0.25, 0.3) is 11.1 Å². The third-order valence-electron chi connectivity index (χ3n) is 10.8. The van der Waals surface area contributed by atoms with Gasteiger partial charge in [-0.1, -0.05) is 69.3 Å². The summed E-state index contributed by atoms with van der Waals surface area (Å²) in [5.74, 6) is -11.6. The smallest absolute Gasteiger partial charge is 0.235 e. The van der Waals surface area contributed by atoms with Gasteiger partial charge in [-0.2, -0.15) is 0 Å². The van der Waals surface area contributed by atoms with Crippen molar-refractivity contribution in [3.05, 3.63) is 88.5 Å². The number of aromatic hydroxyl groups is 1. The van der Waals surface area contributed by atoms with E-state index in [4.69, 9.17) is 5.73 Å². The van der Waals surface area contributed by atoms with Crippen molar-refractivity contribution in [3.63, 3.8) is 0 Å². The summed E-state index contributed by atoms with van der Waals surface area (Å²) in [7, 11) is 0. The van der Waals surface area contributed by atoms with Crippen LogP contribution in [0, 0.1) is 35.5 Å². The number of Topliss-reactive ketones (excluding diaryl/α,β-unsaturated/α-hetero) is 4. The highest BCUT2D eigenvalue weighted by molar-refractivity contribution is 6.32. The van der Waals surface area contributed by atoms with Crippen molar-refractivity contribution in [2.75, 3.05) is 6.54 Å². The maximum atomic E-state index is 14.2. The predicted octanol–water partition coefficient (Wildman–Crippen LogP) is 3.77. The summed E-state index contributed by atoms with van der Waals surface area (Å²) in [5, 5.41) is 26.4. The van der Waals surface area contributed by atoms with E-state index in [1.807, 2.05) is 25.1 Å². The van der Waals surface area contributed by atoms with Crippen molar-refractivity contribution in [1.29, 1.82) is 0 Å². The van der Waals surface area contributed by atoms with Crippen LogP contribution in [0.1, 0.15) is 59.8 Å². The molecule has 5 N–H and O–H groups in total. The van der Waals surface area contributed by atoms with E-state index in [1.165, 1.54) is 11.6 Å². The third kappa shape index (κ3) is 5.39. The second-order valence-electron chi connectivity index (χ2n) is 13.9. The maximum Gasteiger partial charge on any atom is 0.235 e. The summed E-state index contributed by atoms with van der Waals surface area (Å²) in [6, 6.07) is 19.7. The lowest BCUT2D eigenvalue weighted by atomic mass is 9.49. The van der Waals surface area contributed by atoms with E-state index >= 15 is 0 Å². The van der Waals surface area contributed by atoms with Crippen LogP contribution >= 0.6 is 0 Å². The van der Waals surface area contributed by atoms with E-state index in [0.717, 1.165) is 41.6 Å². The molecule has 48 heavy (non-hydrogen) atoms. The van der Waals surface area contributed by atoms with Crippen LogP contribution in [0.4, 0.5) is 0 Å². The fourth-order valence-corrected chi connectivity index (χ4v) is 8.51.